The van der Waals surface area contributed by atoms with Crippen LogP contribution in [0.2, 0.25) is 0 Å². The number of cyclic esters (lactones) is 2. The second-order valence-electron chi connectivity index (χ2n) is 10.4. The molecule has 0 aliphatic carbocycles. The number of esters is 2. The molecular weight excluding hydrogens is 518 g/mol. The van der Waals surface area contributed by atoms with Crippen molar-refractivity contribution in [3.8, 4) is 0 Å². The van der Waals surface area contributed by atoms with Crippen molar-refractivity contribution in [1.82, 2.24) is 14.7 Å². The Morgan fingerprint density at radius 3 is 1.74 bits per heavy atom. The van der Waals surface area contributed by atoms with Gasteiger partial charge in [-0.05, 0) is 57.1 Å². The maximum Gasteiger partial charge on any atom is 0.328 e. The average molecular weight is 554 g/mol. The molecule has 0 radical (unpaired) electrons. The Kier molecular flexibility index (Phi) is 8.60. The second kappa shape index (κ2) is 12.3. The van der Waals surface area contributed by atoms with Crippen molar-refractivity contribution in [3.63, 3.8) is 0 Å². The molecule has 4 aliphatic heterocycles. The molecule has 5 rings (SSSR count). The highest BCUT2D eigenvalue weighted by atomic mass is 32.2. The summed E-state index contributed by atoms with van der Waals surface area (Å²) in [6.07, 6.45) is 8.06. The fourth-order valence-corrected chi connectivity index (χ4v) is 6.80. The first-order chi connectivity index (χ1) is 18.9. The van der Waals surface area contributed by atoms with Crippen LogP contribution in [0.5, 0.6) is 0 Å². The first-order valence-corrected chi connectivity index (χ1v) is 14.6. The lowest BCUT2D eigenvalue weighted by atomic mass is 10.00. The summed E-state index contributed by atoms with van der Waals surface area (Å²) < 4.78 is 11.1. The molecule has 3 saturated heterocycles. The van der Waals surface area contributed by atoms with E-state index in [1.54, 1.807) is 34.1 Å². The number of carbonyl (C=O) groups excluding carboxylic acids is 4. The minimum Gasteiger partial charge on any atom is -0.464 e. The van der Waals surface area contributed by atoms with Crippen LogP contribution in [0.25, 0.3) is 0 Å². The van der Waals surface area contributed by atoms with E-state index >= 15 is 0 Å². The van der Waals surface area contributed by atoms with Crippen LogP contribution in [0.1, 0.15) is 44.9 Å². The predicted molar refractivity (Wildman–Crippen MR) is 145 cm³/mol. The van der Waals surface area contributed by atoms with Gasteiger partial charge in [-0.1, -0.05) is 18.2 Å². The number of benzene rings is 1. The monoisotopic (exact) mass is 553 g/mol. The standard InChI is InChI=1S/C29H35N3O6S/c1-30-18-21-25(39-20-10-4-2-5-11-20)22(19-30)27(34)32-15-9-13-24(32)29(36)38-17-7-3-6-16-37-28(35)23-12-8-14-31(23)26(21)33/h2,4-5,10-11,18-19,23-25H,3,6-9,12-17H2,1H3/t23-,24-/m0/s1. The highest BCUT2D eigenvalue weighted by Gasteiger charge is 2.44. The van der Waals surface area contributed by atoms with Gasteiger partial charge in [-0.3, -0.25) is 9.59 Å². The van der Waals surface area contributed by atoms with E-state index in [0.717, 1.165) is 11.3 Å². The van der Waals surface area contributed by atoms with E-state index < -0.39 is 29.3 Å². The van der Waals surface area contributed by atoms with Crippen molar-refractivity contribution in [2.75, 3.05) is 33.4 Å². The molecule has 0 unspecified atom stereocenters. The van der Waals surface area contributed by atoms with Crippen molar-refractivity contribution in [2.24, 2.45) is 0 Å². The largest absolute Gasteiger partial charge is 0.464 e. The lowest BCUT2D eigenvalue weighted by molar-refractivity contribution is -0.153. The molecule has 4 heterocycles. The lowest BCUT2D eigenvalue weighted by Crippen LogP contribution is -2.47. The number of hydrogen-bond acceptors (Lipinski definition) is 8. The van der Waals surface area contributed by atoms with Gasteiger partial charge in [0.15, 0.2) is 0 Å². The Morgan fingerprint density at radius 2 is 1.23 bits per heavy atom. The Hall–Kier alpha value is -3.27. The summed E-state index contributed by atoms with van der Waals surface area (Å²) in [7, 11) is 1.78. The predicted octanol–water partition coefficient (Wildman–Crippen LogP) is 3.11. The Balaban J connectivity index is 1.52. The molecule has 4 aliphatic rings. The Morgan fingerprint density at radius 1 is 0.718 bits per heavy atom. The number of nitrogens with zero attached hydrogens (tertiary/aromatic N) is 3. The number of ether oxygens (including phenoxy) is 2. The molecule has 0 saturated carbocycles. The van der Waals surface area contributed by atoms with Gasteiger partial charge >= 0.3 is 11.9 Å². The van der Waals surface area contributed by atoms with Gasteiger partial charge in [0.1, 0.15) is 12.1 Å². The van der Waals surface area contributed by atoms with E-state index in [1.807, 2.05) is 30.3 Å². The highest BCUT2D eigenvalue weighted by molar-refractivity contribution is 8.00. The van der Waals surface area contributed by atoms with Crippen LogP contribution in [-0.4, -0.2) is 89.1 Å². The minimum atomic E-state index is -0.640. The number of amides is 2. The highest BCUT2D eigenvalue weighted by Crippen LogP contribution is 2.39. The van der Waals surface area contributed by atoms with Crippen LogP contribution >= 0.6 is 11.8 Å². The third kappa shape index (κ3) is 6.00. The summed E-state index contributed by atoms with van der Waals surface area (Å²) in [6, 6.07) is 8.35. The molecular formula is C29H35N3O6S. The summed E-state index contributed by atoms with van der Waals surface area (Å²) in [5.74, 6) is -1.33. The van der Waals surface area contributed by atoms with Crippen molar-refractivity contribution in [3.05, 3.63) is 53.9 Å². The van der Waals surface area contributed by atoms with Gasteiger partial charge in [-0.15, -0.1) is 11.8 Å². The molecule has 10 heteroatoms. The van der Waals surface area contributed by atoms with E-state index in [-0.39, 0.29) is 25.0 Å². The molecule has 0 aromatic heterocycles. The molecule has 2 atom stereocenters. The van der Waals surface area contributed by atoms with Gasteiger partial charge in [-0.25, -0.2) is 9.59 Å². The van der Waals surface area contributed by atoms with Crippen LogP contribution in [0, 0.1) is 0 Å². The molecule has 208 valence electrons. The van der Waals surface area contributed by atoms with E-state index in [9.17, 15) is 19.2 Å². The average Bonchev–Trinajstić information content (AvgIpc) is 3.63. The maximum absolute atomic E-state index is 14.1. The minimum absolute atomic E-state index is 0.265. The fourth-order valence-electron chi connectivity index (χ4n) is 5.64. The quantitative estimate of drug-likeness (QED) is 0.516. The lowest BCUT2D eigenvalue weighted by Gasteiger charge is -2.34. The molecule has 9 nitrogen and oxygen atoms in total. The first-order valence-electron chi connectivity index (χ1n) is 13.8. The maximum atomic E-state index is 14.1. The van der Waals surface area contributed by atoms with Gasteiger partial charge in [0, 0.05) is 37.4 Å². The topological polar surface area (TPSA) is 96.5 Å². The number of hydrogen-bond donors (Lipinski definition) is 0. The zero-order valence-electron chi connectivity index (χ0n) is 22.3. The van der Waals surface area contributed by atoms with Crippen molar-refractivity contribution in [1.29, 1.82) is 0 Å². The number of rotatable bonds is 2. The smallest absolute Gasteiger partial charge is 0.328 e. The summed E-state index contributed by atoms with van der Waals surface area (Å²) in [4.78, 5) is 60.0. The molecule has 2 amide bonds. The SMILES string of the molecule is CN1C=C2C(=O)N3CCC[C@H]3C(=O)OCCCCCOC(=O)[C@@H]3CCCN3C(=O)C(=C1)C2Sc1ccccc1. The van der Waals surface area contributed by atoms with Gasteiger partial charge in [0.05, 0.1) is 29.6 Å². The fraction of sp³-hybridized carbons (Fsp3) is 0.517. The van der Waals surface area contributed by atoms with Crippen molar-refractivity contribution in [2.45, 2.75) is 67.2 Å². The van der Waals surface area contributed by atoms with E-state index in [2.05, 4.69) is 0 Å². The van der Waals surface area contributed by atoms with Gasteiger partial charge in [0.25, 0.3) is 11.8 Å². The van der Waals surface area contributed by atoms with E-state index in [1.165, 1.54) is 11.8 Å². The van der Waals surface area contributed by atoms with Crippen LogP contribution < -0.4 is 0 Å². The molecule has 0 spiro atoms. The van der Waals surface area contributed by atoms with Crippen LogP contribution in [0.15, 0.2) is 58.8 Å². The van der Waals surface area contributed by atoms with Crippen LogP contribution in [0.3, 0.4) is 0 Å². The summed E-state index contributed by atoms with van der Waals surface area (Å²) in [6.45, 7) is 1.44. The summed E-state index contributed by atoms with van der Waals surface area (Å²) in [5.41, 5.74) is 0.854. The molecule has 0 N–H and O–H groups in total. The van der Waals surface area contributed by atoms with Crippen LogP contribution in [0.4, 0.5) is 0 Å². The molecule has 39 heavy (non-hydrogen) atoms. The molecule has 3 fully saturated rings. The number of carbonyl (C=O) groups is 4. The Bertz CT molecular complexity index is 1100. The van der Waals surface area contributed by atoms with E-state index in [4.69, 9.17) is 9.47 Å². The van der Waals surface area contributed by atoms with Gasteiger partial charge in [0.2, 0.25) is 0 Å². The second-order valence-corrected chi connectivity index (χ2v) is 11.5. The normalized spacial score (nSPS) is 25.7. The van der Waals surface area contributed by atoms with E-state index in [0.29, 0.717) is 62.8 Å². The number of thioether (sulfide) groups is 1. The van der Waals surface area contributed by atoms with Gasteiger partial charge < -0.3 is 24.2 Å². The molecule has 2 bridgehead atoms. The number of fused-ring (bicyclic) bond motifs is 4. The Labute approximate surface area is 233 Å². The van der Waals surface area contributed by atoms with Crippen molar-refractivity contribution < 1.29 is 28.7 Å². The zero-order valence-corrected chi connectivity index (χ0v) is 23.1. The third-order valence-corrected chi connectivity index (χ3v) is 8.88. The summed E-state index contributed by atoms with van der Waals surface area (Å²) in [5, 5.41) is -0.614. The zero-order chi connectivity index (χ0) is 27.4. The molecule has 1 aromatic rings. The van der Waals surface area contributed by atoms with Gasteiger partial charge in [-0.2, -0.15) is 0 Å². The first kappa shape index (κ1) is 27.3. The third-order valence-electron chi connectivity index (χ3n) is 7.59. The van der Waals surface area contributed by atoms with Crippen molar-refractivity contribution >= 4 is 35.5 Å². The summed E-state index contributed by atoms with van der Waals surface area (Å²) >= 11 is 1.42. The molecule has 1 aromatic carbocycles. The van der Waals surface area contributed by atoms with Crippen LogP contribution in [-0.2, 0) is 28.7 Å².